The maximum atomic E-state index is 12.3. The molecule has 1 aromatic carbocycles. The van der Waals surface area contributed by atoms with E-state index in [1.165, 1.54) is 11.8 Å². The Kier molecular flexibility index (Phi) is 7.53. The van der Waals surface area contributed by atoms with Gasteiger partial charge in [-0.3, -0.25) is 9.59 Å². The average Bonchev–Trinajstić information content (AvgIpc) is 3.08. The molecule has 26 heavy (non-hydrogen) atoms. The Morgan fingerprint density at radius 1 is 1.35 bits per heavy atom. The summed E-state index contributed by atoms with van der Waals surface area (Å²) in [6.45, 7) is 2.25. The molecule has 2 aromatic rings. The smallest absolute Gasteiger partial charge is 0.303 e. The number of nitrogens with zero attached hydrogens (tertiary/aromatic N) is 2. The molecule has 0 fully saturated rings. The summed E-state index contributed by atoms with van der Waals surface area (Å²) in [5.41, 5.74) is 0.889. The molecule has 0 bridgehead atoms. The van der Waals surface area contributed by atoms with Crippen molar-refractivity contribution >= 4 is 35.2 Å². The number of benzene rings is 1. The van der Waals surface area contributed by atoms with Gasteiger partial charge in [-0.1, -0.05) is 11.6 Å². The van der Waals surface area contributed by atoms with Gasteiger partial charge in [0, 0.05) is 30.6 Å². The number of amides is 1. The van der Waals surface area contributed by atoms with Crippen LogP contribution < -0.4 is 0 Å². The van der Waals surface area contributed by atoms with Crippen molar-refractivity contribution in [1.29, 1.82) is 0 Å². The number of carbonyl (C=O) groups excluding carboxylic acids is 1. The first-order chi connectivity index (χ1) is 12.4. The third kappa shape index (κ3) is 6.07. The Labute approximate surface area is 161 Å². The minimum Gasteiger partial charge on any atom is -0.481 e. The van der Waals surface area contributed by atoms with Crippen LogP contribution in [0.5, 0.6) is 0 Å². The van der Waals surface area contributed by atoms with Crippen LogP contribution >= 0.6 is 23.4 Å². The van der Waals surface area contributed by atoms with E-state index in [-0.39, 0.29) is 17.6 Å². The largest absolute Gasteiger partial charge is 0.481 e. The van der Waals surface area contributed by atoms with Crippen LogP contribution in [0.4, 0.5) is 0 Å². The van der Waals surface area contributed by atoms with Gasteiger partial charge < -0.3 is 14.4 Å². The second-order valence-corrected chi connectivity index (χ2v) is 7.60. The van der Waals surface area contributed by atoms with Gasteiger partial charge in [0.25, 0.3) is 0 Å². The zero-order valence-electron chi connectivity index (χ0n) is 14.6. The van der Waals surface area contributed by atoms with E-state index in [1.807, 2.05) is 19.1 Å². The first-order valence-electron chi connectivity index (χ1n) is 8.16. The summed E-state index contributed by atoms with van der Waals surface area (Å²) in [6, 6.07) is 7.29. The number of hydrogen-bond acceptors (Lipinski definition) is 5. The van der Waals surface area contributed by atoms with Crippen molar-refractivity contribution in [2.24, 2.45) is 0 Å². The normalized spacial score (nSPS) is 12.0. The summed E-state index contributed by atoms with van der Waals surface area (Å²) >= 11 is 7.31. The molecule has 0 aliphatic rings. The van der Waals surface area contributed by atoms with Gasteiger partial charge in [0.05, 0.1) is 17.2 Å². The minimum atomic E-state index is -0.853. The van der Waals surface area contributed by atoms with Gasteiger partial charge in [0.15, 0.2) is 5.76 Å². The van der Waals surface area contributed by atoms with Crippen LogP contribution in [-0.4, -0.2) is 45.7 Å². The first-order valence-corrected chi connectivity index (χ1v) is 9.58. The summed E-state index contributed by atoms with van der Waals surface area (Å²) in [4.78, 5) is 28.6. The van der Waals surface area contributed by atoms with E-state index in [9.17, 15) is 9.59 Å². The van der Waals surface area contributed by atoms with Gasteiger partial charge in [-0.05, 0) is 37.6 Å². The predicted octanol–water partition coefficient (Wildman–Crippen LogP) is 3.94. The lowest BCUT2D eigenvalue weighted by atomic mass is 10.2. The molecule has 8 heteroatoms. The Morgan fingerprint density at radius 3 is 2.69 bits per heavy atom. The fraction of sp³-hybridized carbons (Fsp3) is 0.389. The number of aliphatic carboxylic acids is 1. The number of halogens is 1. The van der Waals surface area contributed by atoms with Gasteiger partial charge >= 0.3 is 5.97 Å². The Balaban J connectivity index is 1.83. The van der Waals surface area contributed by atoms with Crippen molar-refractivity contribution in [2.75, 3.05) is 13.6 Å². The summed E-state index contributed by atoms with van der Waals surface area (Å²) in [6.07, 6.45) is 2.16. The molecule has 140 valence electrons. The molecular weight excluding hydrogens is 376 g/mol. The van der Waals surface area contributed by atoms with Crippen molar-refractivity contribution < 1.29 is 19.1 Å². The summed E-state index contributed by atoms with van der Waals surface area (Å²) in [5, 5.41) is 9.04. The molecule has 1 unspecified atom stereocenters. The lowest BCUT2D eigenvalue weighted by molar-refractivity contribution is -0.137. The molecule has 0 saturated carbocycles. The molecular formula is C18H21ClN2O4S. The molecule has 0 aliphatic carbocycles. The van der Waals surface area contributed by atoms with Crippen molar-refractivity contribution in [1.82, 2.24) is 9.88 Å². The molecule has 2 rings (SSSR count). The lowest BCUT2D eigenvalue weighted by Gasteiger charge is -2.20. The number of carbonyl (C=O) groups is 2. The standard InChI is InChI=1S/C18H21ClN2O4S/c1-12(18(24)21(2)9-3-4-17(22)23)26-11-16-20-10-15(25-16)13-5-7-14(19)8-6-13/h5-8,10,12H,3-4,9,11H2,1-2H3,(H,22,23). The Hall–Kier alpha value is -1.99. The first kappa shape index (κ1) is 20.3. The van der Waals surface area contributed by atoms with Crippen molar-refractivity contribution in [3.8, 4) is 11.3 Å². The lowest BCUT2D eigenvalue weighted by Crippen LogP contribution is -2.34. The monoisotopic (exact) mass is 396 g/mol. The molecule has 1 N–H and O–H groups in total. The van der Waals surface area contributed by atoms with Crippen molar-refractivity contribution in [3.05, 3.63) is 41.4 Å². The maximum Gasteiger partial charge on any atom is 0.303 e. The molecule has 0 spiro atoms. The maximum absolute atomic E-state index is 12.3. The second-order valence-electron chi connectivity index (χ2n) is 5.84. The minimum absolute atomic E-state index is 0.0372. The average molecular weight is 397 g/mol. The quantitative estimate of drug-likeness (QED) is 0.691. The van der Waals surface area contributed by atoms with Gasteiger partial charge in [-0.25, -0.2) is 4.98 Å². The highest BCUT2D eigenvalue weighted by atomic mass is 35.5. The number of oxazole rings is 1. The molecule has 6 nitrogen and oxygen atoms in total. The van der Waals surface area contributed by atoms with E-state index in [2.05, 4.69) is 4.98 Å². The van der Waals surface area contributed by atoms with Crippen LogP contribution in [0.3, 0.4) is 0 Å². The summed E-state index contributed by atoms with van der Waals surface area (Å²) in [7, 11) is 1.69. The number of aromatic nitrogens is 1. The predicted molar refractivity (Wildman–Crippen MR) is 102 cm³/mol. The molecule has 1 heterocycles. The molecule has 0 radical (unpaired) electrons. The Bertz CT molecular complexity index is 748. The number of carboxylic acid groups (broad SMARTS) is 1. The van der Waals surface area contributed by atoms with Crippen LogP contribution in [0.1, 0.15) is 25.7 Å². The van der Waals surface area contributed by atoms with Crippen LogP contribution in [0.15, 0.2) is 34.9 Å². The fourth-order valence-electron chi connectivity index (χ4n) is 2.28. The second kappa shape index (κ2) is 9.64. The molecule has 1 amide bonds. The van der Waals surface area contributed by atoms with E-state index in [0.717, 1.165) is 5.56 Å². The van der Waals surface area contributed by atoms with E-state index in [1.54, 1.807) is 30.3 Å². The van der Waals surface area contributed by atoms with E-state index >= 15 is 0 Å². The highest BCUT2D eigenvalue weighted by Crippen LogP contribution is 2.25. The number of carboxylic acids is 1. The zero-order chi connectivity index (χ0) is 19.1. The van der Waals surface area contributed by atoms with E-state index in [0.29, 0.717) is 35.4 Å². The zero-order valence-corrected chi connectivity index (χ0v) is 16.2. The number of thioether (sulfide) groups is 1. The summed E-state index contributed by atoms with van der Waals surface area (Å²) < 4.78 is 5.73. The van der Waals surface area contributed by atoms with Gasteiger partial charge in [-0.15, -0.1) is 11.8 Å². The van der Waals surface area contributed by atoms with Gasteiger partial charge in [0.1, 0.15) is 0 Å². The van der Waals surface area contributed by atoms with Crippen LogP contribution in [0, 0.1) is 0 Å². The van der Waals surface area contributed by atoms with Crippen LogP contribution in [0.2, 0.25) is 5.02 Å². The third-order valence-corrected chi connectivity index (χ3v) is 5.11. The SMILES string of the molecule is CC(SCc1ncc(-c2ccc(Cl)cc2)o1)C(=O)N(C)CCCC(=O)O. The molecule has 0 saturated heterocycles. The van der Waals surface area contributed by atoms with E-state index < -0.39 is 5.97 Å². The van der Waals surface area contributed by atoms with Crippen molar-refractivity contribution in [2.45, 2.75) is 30.8 Å². The highest BCUT2D eigenvalue weighted by molar-refractivity contribution is 7.99. The van der Waals surface area contributed by atoms with Gasteiger partial charge in [0.2, 0.25) is 11.8 Å². The van der Waals surface area contributed by atoms with Crippen molar-refractivity contribution in [3.63, 3.8) is 0 Å². The van der Waals surface area contributed by atoms with Gasteiger partial charge in [-0.2, -0.15) is 0 Å². The highest BCUT2D eigenvalue weighted by Gasteiger charge is 2.19. The molecule has 0 aliphatic heterocycles. The van der Waals surface area contributed by atoms with Crippen LogP contribution in [0.25, 0.3) is 11.3 Å². The third-order valence-electron chi connectivity index (χ3n) is 3.75. The Morgan fingerprint density at radius 2 is 2.04 bits per heavy atom. The molecule has 1 atom stereocenters. The van der Waals surface area contributed by atoms with E-state index in [4.69, 9.17) is 21.1 Å². The summed E-state index contributed by atoms with van der Waals surface area (Å²) in [5.74, 6) is 0.789. The number of rotatable bonds is 9. The van der Waals surface area contributed by atoms with Crippen LogP contribution in [-0.2, 0) is 15.3 Å². The number of hydrogen-bond donors (Lipinski definition) is 1. The molecule has 1 aromatic heterocycles. The fourth-order valence-corrected chi connectivity index (χ4v) is 3.25. The topological polar surface area (TPSA) is 83.6 Å².